The highest BCUT2D eigenvalue weighted by molar-refractivity contribution is 5.81. The Morgan fingerprint density at radius 2 is 2.00 bits per heavy atom. The van der Waals surface area contributed by atoms with Crippen molar-refractivity contribution in [2.75, 3.05) is 5.73 Å². The number of para-hydroxylation sites is 1. The second-order valence-corrected chi connectivity index (χ2v) is 5.70. The van der Waals surface area contributed by atoms with Crippen LogP contribution in [-0.4, -0.2) is 14.5 Å². The second-order valence-electron chi connectivity index (χ2n) is 5.70. The molecule has 0 fully saturated rings. The van der Waals surface area contributed by atoms with Crippen LogP contribution in [0.5, 0.6) is 0 Å². The van der Waals surface area contributed by atoms with Gasteiger partial charge in [-0.3, -0.25) is 0 Å². The van der Waals surface area contributed by atoms with Crippen LogP contribution in [0.2, 0.25) is 0 Å². The topological polar surface area (TPSA) is 56.7 Å². The minimum Gasteiger partial charge on any atom is -0.383 e. The van der Waals surface area contributed by atoms with Crippen LogP contribution in [0.15, 0.2) is 36.7 Å². The van der Waals surface area contributed by atoms with Crippen molar-refractivity contribution in [1.82, 2.24) is 14.5 Å². The summed E-state index contributed by atoms with van der Waals surface area (Å²) in [7, 11) is 0. The number of pyridine rings is 1. The molecule has 1 aliphatic rings. The van der Waals surface area contributed by atoms with E-state index in [9.17, 15) is 0 Å². The zero-order valence-corrected chi connectivity index (χ0v) is 11.9. The molecule has 1 aliphatic carbocycles. The van der Waals surface area contributed by atoms with E-state index in [1.807, 2.05) is 24.5 Å². The standard InChI is InChI=1S/C17H18N4/c18-17-13(9-12-5-1-2-6-14(12)20-17)10-21-11-19-15-7-3-4-8-16(15)21/h1-2,5-6,9,11H,3-4,7-8,10H2,(H2,18,20). The Kier molecular flexibility index (Phi) is 2.88. The molecular formula is C17H18N4. The van der Waals surface area contributed by atoms with Gasteiger partial charge in [-0.2, -0.15) is 0 Å². The lowest BCUT2D eigenvalue weighted by molar-refractivity contribution is 0.629. The van der Waals surface area contributed by atoms with E-state index in [0.29, 0.717) is 5.82 Å². The first kappa shape index (κ1) is 12.4. The van der Waals surface area contributed by atoms with E-state index in [1.54, 1.807) is 0 Å². The Hall–Kier alpha value is -2.36. The molecular weight excluding hydrogens is 260 g/mol. The number of hydrogen-bond donors (Lipinski definition) is 1. The van der Waals surface area contributed by atoms with Gasteiger partial charge in [0.1, 0.15) is 5.82 Å². The van der Waals surface area contributed by atoms with Gasteiger partial charge in [-0.05, 0) is 37.8 Å². The van der Waals surface area contributed by atoms with Crippen LogP contribution in [0.3, 0.4) is 0 Å². The van der Waals surface area contributed by atoms with Gasteiger partial charge in [-0.15, -0.1) is 0 Å². The lowest BCUT2D eigenvalue weighted by Crippen LogP contribution is -2.10. The van der Waals surface area contributed by atoms with E-state index in [2.05, 4.69) is 26.7 Å². The molecule has 2 aromatic heterocycles. The van der Waals surface area contributed by atoms with E-state index in [0.717, 1.165) is 35.9 Å². The Balaban J connectivity index is 1.74. The van der Waals surface area contributed by atoms with Gasteiger partial charge in [-0.1, -0.05) is 18.2 Å². The maximum Gasteiger partial charge on any atom is 0.129 e. The fourth-order valence-electron chi connectivity index (χ4n) is 3.15. The summed E-state index contributed by atoms with van der Waals surface area (Å²) in [5, 5.41) is 1.13. The molecule has 0 aliphatic heterocycles. The highest BCUT2D eigenvalue weighted by Gasteiger charge is 2.16. The number of benzene rings is 1. The molecule has 4 nitrogen and oxygen atoms in total. The minimum atomic E-state index is 0.618. The molecule has 0 atom stereocenters. The summed E-state index contributed by atoms with van der Waals surface area (Å²) >= 11 is 0. The number of nitrogens with zero attached hydrogens (tertiary/aromatic N) is 3. The SMILES string of the molecule is Nc1nc2ccccc2cc1Cn1cnc2c1CCCC2. The largest absolute Gasteiger partial charge is 0.383 e. The van der Waals surface area contributed by atoms with Gasteiger partial charge in [0.25, 0.3) is 0 Å². The van der Waals surface area contributed by atoms with Crippen molar-refractivity contribution in [3.8, 4) is 0 Å². The van der Waals surface area contributed by atoms with Crippen molar-refractivity contribution in [1.29, 1.82) is 0 Å². The average molecular weight is 278 g/mol. The predicted octanol–water partition coefficient (Wildman–Crippen LogP) is 2.94. The van der Waals surface area contributed by atoms with E-state index in [4.69, 9.17) is 5.73 Å². The molecule has 0 saturated heterocycles. The van der Waals surface area contributed by atoms with Gasteiger partial charge in [0.05, 0.1) is 24.1 Å². The van der Waals surface area contributed by atoms with Crippen molar-refractivity contribution in [3.05, 3.63) is 53.6 Å². The lowest BCUT2D eigenvalue weighted by atomic mass is 10.0. The third-order valence-electron chi connectivity index (χ3n) is 4.29. The van der Waals surface area contributed by atoms with Crippen molar-refractivity contribution >= 4 is 16.7 Å². The summed E-state index contributed by atoms with van der Waals surface area (Å²) in [5.41, 5.74) is 10.8. The fourth-order valence-corrected chi connectivity index (χ4v) is 3.15. The van der Waals surface area contributed by atoms with Crippen LogP contribution < -0.4 is 5.73 Å². The number of aryl methyl sites for hydroxylation is 1. The average Bonchev–Trinajstić information content (AvgIpc) is 2.91. The molecule has 0 saturated carbocycles. The fraction of sp³-hybridized carbons (Fsp3) is 0.294. The third kappa shape index (κ3) is 2.17. The zero-order chi connectivity index (χ0) is 14.2. The highest BCUT2D eigenvalue weighted by Crippen LogP contribution is 2.23. The van der Waals surface area contributed by atoms with E-state index < -0.39 is 0 Å². The number of anilines is 1. The Labute approximate surface area is 123 Å². The number of imidazole rings is 1. The van der Waals surface area contributed by atoms with Gasteiger partial charge < -0.3 is 10.3 Å². The summed E-state index contributed by atoms with van der Waals surface area (Å²) in [6, 6.07) is 10.2. The maximum absolute atomic E-state index is 6.13. The second kappa shape index (κ2) is 4.88. The minimum absolute atomic E-state index is 0.618. The van der Waals surface area contributed by atoms with Crippen molar-refractivity contribution < 1.29 is 0 Å². The number of aromatic nitrogens is 3. The number of nitrogens with two attached hydrogens (primary N) is 1. The first-order valence-electron chi connectivity index (χ1n) is 7.48. The van der Waals surface area contributed by atoms with Crippen molar-refractivity contribution in [2.24, 2.45) is 0 Å². The molecule has 0 radical (unpaired) electrons. The Bertz CT molecular complexity index is 804. The van der Waals surface area contributed by atoms with Crippen molar-refractivity contribution in [2.45, 2.75) is 32.2 Å². The summed E-state index contributed by atoms with van der Waals surface area (Å²) < 4.78 is 2.23. The number of nitrogen functional groups attached to an aromatic ring is 1. The molecule has 0 spiro atoms. The number of fused-ring (bicyclic) bond motifs is 2. The van der Waals surface area contributed by atoms with E-state index >= 15 is 0 Å². The monoisotopic (exact) mass is 278 g/mol. The third-order valence-corrected chi connectivity index (χ3v) is 4.29. The first-order valence-corrected chi connectivity index (χ1v) is 7.48. The highest BCUT2D eigenvalue weighted by atomic mass is 15.1. The maximum atomic E-state index is 6.13. The summed E-state index contributed by atoms with van der Waals surface area (Å²) in [5.74, 6) is 0.618. The summed E-state index contributed by atoms with van der Waals surface area (Å²) in [4.78, 5) is 9.06. The summed E-state index contributed by atoms with van der Waals surface area (Å²) in [6.45, 7) is 0.756. The van der Waals surface area contributed by atoms with Gasteiger partial charge in [0.15, 0.2) is 0 Å². The lowest BCUT2D eigenvalue weighted by Gasteiger charge is -2.15. The van der Waals surface area contributed by atoms with E-state index in [1.165, 1.54) is 24.2 Å². The number of rotatable bonds is 2. The van der Waals surface area contributed by atoms with Gasteiger partial charge in [-0.25, -0.2) is 9.97 Å². The Morgan fingerprint density at radius 1 is 1.14 bits per heavy atom. The van der Waals surface area contributed by atoms with Gasteiger partial charge >= 0.3 is 0 Å². The van der Waals surface area contributed by atoms with Gasteiger partial charge in [0.2, 0.25) is 0 Å². The quantitative estimate of drug-likeness (QED) is 0.784. The van der Waals surface area contributed by atoms with E-state index in [-0.39, 0.29) is 0 Å². The van der Waals surface area contributed by atoms with Crippen LogP contribution in [0.4, 0.5) is 5.82 Å². The van der Waals surface area contributed by atoms with Crippen LogP contribution in [0.1, 0.15) is 29.8 Å². The molecule has 0 amide bonds. The number of hydrogen-bond acceptors (Lipinski definition) is 3. The van der Waals surface area contributed by atoms with Crippen LogP contribution in [0, 0.1) is 0 Å². The van der Waals surface area contributed by atoms with Crippen LogP contribution in [0.25, 0.3) is 10.9 Å². The molecule has 4 heteroatoms. The Morgan fingerprint density at radius 3 is 2.95 bits per heavy atom. The molecule has 4 rings (SSSR count). The molecule has 21 heavy (non-hydrogen) atoms. The smallest absolute Gasteiger partial charge is 0.129 e. The van der Waals surface area contributed by atoms with Gasteiger partial charge in [0, 0.05) is 16.6 Å². The van der Waals surface area contributed by atoms with Crippen LogP contribution >= 0.6 is 0 Å². The molecule has 3 aromatic rings. The first-order chi connectivity index (χ1) is 10.3. The summed E-state index contributed by atoms with van der Waals surface area (Å²) in [6.07, 6.45) is 6.68. The molecule has 106 valence electrons. The predicted molar refractivity (Wildman–Crippen MR) is 84.1 cm³/mol. The molecule has 0 bridgehead atoms. The molecule has 2 heterocycles. The zero-order valence-electron chi connectivity index (χ0n) is 11.9. The van der Waals surface area contributed by atoms with Crippen LogP contribution in [-0.2, 0) is 19.4 Å². The van der Waals surface area contributed by atoms with Crippen molar-refractivity contribution in [3.63, 3.8) is 0 Å². The molecule has 1 aromatic carbocycles. The normalized spacial score (nSPS) is 14.3. The molecule has 2 N–H and O–H groups in total. The molecule has 0 unspecified atom stereocenters.